The molecular weight excluding hydrogens is 312 g/mol. The number of carbonyl (C=O) groups is 4. The lowest BCUT2D eigenvalue weighted by molar-refractivity contribution is -0.145. The summed E-state index contributed by atoms with van der Waals surface area (Å²) in [6.45, 7) is 1.31. The van der Waals surface area contributed by atoms with Crippen LogP contribution in [0.3, 0.4) is 0 Å². The van der Waals surface area contributed by atoms with Gasteiger partial charge in [0.25, 0.3) is 0 Å². The first-order valence-corrected chi connectivity index (χ1v) is 6.74. The Balaban J connectivity index is 4.58. The maximum Gasteiger partial charge on any atom is 0.328 e. The highest BCUT2D eigenvalue weighted by molar-refractivity contribution is 5.92. The molecule has 0 bridgehead atoms. The topological polar surface area (TPSA) is 191 Å². The van der Waals surface area contributed by atoms with Gasteiger partial charge >= 0.3 is 5.97 Å². The van der Waals surface area contributed by atoms with Crippen LogP contribution < -0.4 is 21.7 Å². The van der Waals surface area contributed by atoms with E-state index in [1.54, 1.807) is 0 Å². The highest BCUT2D eigenvalue weighted by atomic mass is 16.4. The summed E-state index contributed by atoms with van der Waals surface area (Å²) >= 11 is 0. The molecular formula is C12H22N4O7. The zero-order valence-electron chi connectivity index (χ0n) is 12.8. The van der Waals surface area contributed by atoms with Gasteiger partial charge in [-0.05, 0) is 13.8 Å². The van der Waals surface area contributed by atoms with Crippen molar-refractivity contribution in [1.29, 1.82) is 0 Å². The van der Waals surface area contributed by atoms with E-state index in [0.717, 1.165) is 6.92 Å². The Hall–Kier alpha value is -2.24. The van der Waals surface area contributed by atoms with Crippen LogP contribution in [0.1, 0.15) is 13.8 Å². The average Bonchev–Trinajstić information content (AvgIpc) is 2.46. The Kier molecular flexibility index (Phi) is 8.77. The largest absolute Gasteiger partial charge is 0.480 e. The number of nitrogens with two attached hydrogens (primary N) is 1. The third kappa shape index (κ3) is 7.54. The van der Waals surface area contributed by atoms with Gasteiger partial charge in [0, 0.05) is 0 Å². The van der Waals surface area contributed by atoms with Crippen LogP contribution in [0.25, 0.3) is 0 Å². The summed E-state index contributed by atoms with van der Waals surface area (Å²) in [6, 6.07) is -3.84. The summed E-state index contributed by atoms with van der Waals surface area (Å²) in [5, 5.41) is 33.5. The van der Waals surface area contributed by atoms with E-state index in [1.165, 1.54) is 6.92 Å². The standard InChI is InChI=1S/C12H22N4O7/c1-5(13)10(20)14-3-8(19)15-7(4-17)11(21)16-9(6(2)18)12(22)23/h5-7,9,17-18H,3-4,13H2,1-2H3,(H,14,20)(H,15,19)(H,16,21)(H,22,23). The molecule has 0 spiro atoms. The zero-order valence-corrected chi connectivity index (χ0v) is 12.8. The molecule has 4 unspecified atom stereocenters. The molecule has 23 heavy (non-hydrogen) atoms. The van der Waals surface area contributed by atoms with Crippen molar-refractivity contribution in [3.8, 4) is 0 Å². The first kappa shape index (κ1) is 20.8. The number of nitrogens with one attached hydrogen (secondary N) is 3. The number of amides is 3. The summed E-state index contributed by atoms with van der Waals surface area (Å²) < 4.78 is 0. The molecule has 0 radical (unpaired) electrons. The first-order chi connectivity index (χ1) is 10.6. The number of hydrogen-bond donors (Lipinski definition) is 7. The van der Waals surface area contributed by atoms with Gasteiger partial charge in [0.05, 0.1) is 25.3 Å². The van der Waals surface area contributed by atoms with Gasteiger partial charge < -0.3 is 37.0 Å². The van der Waals surface area contributed by atoms with E-state index in [-0.39, 0.29) is 0 Å². The van der Waals surface area contributed by atoms with Gasteiger partial charge in [-0.15, -0.1) is 0 Å². The summed E-state index contributed by atoms with van der Waals surface area (Å²) in [4.78, 5) is 45.4. The molecule has 0 aliphatic carbocycles. The van der Waals surface area contributed by atoms with Crippen LogP contribution >= 0.6 is 0 Å². The number of carboxylic acid groups (broad SMARTS) is 1. The second kappa shape index (κ2) is 9.71. The molecule has 0 rings (SSSR count). The predicted octanol–water partition coefficient (Wildman–Crippen LogP) is -4.12. The molecule has 11 heteroatoms. The lowest BCUT2D eigenvalue weighted by Crippen LogP contribution is -2.57. The second-order valence-corrected chi connectivity index (χ2v) is 4.87. The fourth-order valence-corrected chi connectivity index (χ4v) is 1.41. The molecule has 0 aliphatic rings. The zero-order chi connectivity index (χ0) is 18.2. The third-order valence-corrected chi connectivity index (χ3v) is 2.72. The van der Waals surface area contributed by atoms with E-state index >= 15 is 0 Å². The van der Waals surface area contributed by atoms with Crippen LogP contribution in [0.2, 0.25) is 0 Å². The van der Waals surface area contributed by atoms with Gasteiger partial charge in [0.2, 0.25) is 17.7 Å². The fourth-order valence-electron chi connectivity index (χ4n) is 1.41. The summed E-state index contributed by atoms with van der Waals surface area (Å²) in [5.74, 6) is -3.82. The number of rotatable bonds is 9. The van der Waals surface area contributed by atoms with E-state index < -0.39 is 61.1 Å². The van der Waals surface area contributed by atoms with Crippen LogP contribution in [0.4, 0.5) is 0 Å². The Morgan fingerprint density at radius 1 is 1.09 bits per heavy atom. The van der Waals surface area contributed by atoms with Crippen molar-refractivity contribution >= 4 is 23.7 Å². The third-order valence-electron chi connectivity index (χ3n) is 2.72. The predicted molar refractivity (Wildman–Crippen MR) is 76.9 cm³/mol. The lowest BCUT2D eigenvalue weighted by atomic mass is 10.1. The van der Waals surface area contributed by atoms with E-state index in [2.05, 4.69) is 10.6 Å². The minimum Gasteiger partial charge on any atom is -0.480 e. The fraction of sp³-hybridized carbons (Fsp3) is 0.667. The van der Waals surface area contributed by atoms with Crippen molar-refractivity contribution in [2.24, 2.45) is 5.73 Å². The number of aliphatic carboxylic acids is 1. The maximum atomic E-state index is 11.8. The minimum absolute atomic E-state index is 0.469. The quantitative estimate of drug-likeness (QED) is 0.221. The number of hydrogen-bond acceptors (Lipinski definition) is 7. The second-order valence-electron chi connectivity index (χ2n) is 4.87. The van der Waals surface area contributed by atoms with E-state index in [9.17, 15) is 24.3 Å². The number of carbonyl (C=O) groups excluding carboxylic acids is 3. The van der Waals surface area contributed by atoms with Crippen molar-refractivity contribution in [3.63, 3.8) is 0 Å². The number of carboxylic acids is 1. The molecule has 0 fully saturated rings. The molecule has 0 heterocycles. The molecule has 0 saturated heterocycles. The van der Waals surface area contributed by atoms with Crippen LogP contribution in [0.15, 0.2) is 0 Å². The monoisotopic (exact) mass is 334 g/mol. The van der Waals surface area contributed by atoms with E-state index in [4.69, 9.17) is 15.9 Å². The molecule has 3 amide bonds. The molecule has 132 valence electrons. The highest BCUT2D eigenvalue weighted by Gasteiger charge is 2.29. The molecule has 0 aliphatic heterocycles. The summed E-state index contributed by atoms with van der Waals surface area (Å²) in [5.41, 5.74) is 5.28. The number of aliphatic hydroxyl groups is 2. The van der Waals surface area contributed by atoms with Gasteiger partial charge in [0.15, 0.2) is 6.04 Å². The van der Waals surface area contributed by atoms with Crippen LogP contribution in [-0.4, -0.2) is 76.4 Å². The minimum atomic E-state index is -1.59. The first-order valence-electron chi connectivity index (χ1n) is 6.74. The Bertz CT molecular complexity index is 453. The molecule has 4 atom stereocenters. The molecule has 0 aromatic rings. The SMILES string of the molecule is CC(N)C(=O)NCC(=O)NC(CO)C(=O)NC(C(=O)O)C(C)O. The van der Waals surface area contributed by atoms with Crippen LogP contribution in [-0.2, 0) is 19.2 Å². The van der Waals surface area contributed by atoms with E-state index in [1.807, 2.05) is 5.32 Å². The smallest absolute Gasteiger partial charge is 0.328 e. The van der Waals surface area contributed by atoms with Gasteiger partial charge in [0.1, 0.15) is 6.04 Å². The molecule has 11 nitrogen and oxygen atoms in total. The molecule has 0 aromatic heterocycles. The Labute approximate surface area is 132 Å². The van der Waals surface area contributed by atoms with Crippen molar-refractivity contribution in [3.05, 3.63) is 0 Å². The lowest BCUT2D eigenvalue weighted by Gasteiger charge is -2.21. The van der Waals surface area contributed by atoms with Gasteiger partial charge in [-0.25, -0.2) is 4.79 Å². The summed E-state index contributed by atoms with van der Waals surface area (Å²) in [7, 11) is 0. The Morgan fingerprint density at radius 2 is 1.65 bits per heavy atom. The normalized spacial score (nSPS) is 15.7. The van der Waals surface area contributed by atoms with Crippen molar-refractivity contribution in [2.75, 3.05) is 13.2 Å². The van der Waals surface area contributed by atoms with Gasteiger partial charge in [-0.2, -0.15) is 0 Å². The highest BCUT2D eigenvalue weighted by Crippen LogP contribution is 1.95. The average molecular weight is 334 g/mol. The molecule has 0 saturated carbocycles. The molecule has 8 N–H and O–H groups in total. The van der Waals surface area contributed by atoms with Crippen molar-refractivity contribution < 1.29 is 34.5 Å². The molecule has 0 aromatic carbocycles. The van der Waals surface area contributed by atoms with Crippen LogP contribution in [0.5, 0.6) is 0 Å². The number of aliphatic hydroxyl groups excluding tert-OH is 2. The maximum absolute atomic E-state index is 11.8. The van der Waals surface area contributed by atoms with Gasteiger partial charge in [-0.3, -0.25) is 14.4 Å². The Morgan fingerprint density at radius 3 is 2.04 bits per heavy atom. The van der Waals surface area contributed by atoms with Crippen LogP contribution in [0, 0.1) is 0 Å². The van der Waals surface area contributed by atoms with Crippen molar-refractivity contribution in [2.45, 2.75) is 38.1 Å². The van der Waals surface area contributed by atoms with Gasteiger partial charge in [-0.1, -0.05) is 0 Å². The summed E-state index contributed by atoms with van der Waals surface area (Å²) in [6.07, 6.45) is -1.38. The van der Waals surface area contributed by atoms with E-state index in [0.29, 0.717) is 0 Å². The van der Waals surface area contributed by atoms with Crippen molar-refractivity contribution in [1.82, 2.24) is 16.0 Å².